The highest BCUT2D eigenvalue weighted by molar-refractivity contribution is 5.73. The van der Waals surface area contributed by atoms with Crippen molar-refractivity contribution in [1.29, 1.82) is 0 Å². The molecule has 0 aromatic heterocycles. The van der Waals surface area contributed by atoms with Gasteiger partial charge in [-0.1, -0.05) is 148 Å². The Labute approximate surface area is 279 Å². The van der Waals surface area contributed by atoms with Gasteiger partial charge in [-0.3, -0.25) is 9.59 Å². The maximum atomic E-state index is 11.9. The smallest absolute Gasteiger partial charge is 0.253 e. The highest BCUT2D eigenvalue weighted by Crippen LogP contribution is 2.23. The Bertz CT molecular complexity index is 889. The summed E-state index contributed by atoms with van der Waals surface area (Å²) in [5.41, 5.74) is 0.145. The normalized spacial score (nSPS) is 12.6. The van der Waals surface area contributed by atoms with E-state index in [1.807, 2.05) is 0 Å². The van der Waals surface area contributed by atoms with E-state index in [0.717, 1.165) is 25.4 Å². The van der Waals surface area contributed by atoms with Gasteiger partial charge in [-0.05, 0) is 70.5 Å². The predicted octanol–water partition coefficient (Wildman–Crippen LogP) is 11.0. The lowest BCUT2D eigenvalue weighted by atomic mass is 9.90. The molecule has 0 bridgehead atoms. The topological polar surface area (TPSA) is 61.4 Å². The summed E-state index contributed by atoms with van der Waals surface area (Å²) in [6.07, 6.45) is 38.4. The lowest BCUT2D eigenvalue weighted by Crippen LogP contribution is -2.37. The Morgan fingerprint density at radius 3 is 1.58 bits per heavy atom. The number of unbranched alkanes of at least 4 members (excludes halogenated alkanes) is 16. The van der Waals surface area contributed by atoms with Gasteiger partial charge in [0.1, 0.15) is 11.4 Å². The minimum atomic E-state index is -0.395. The fourth-order valence-corrected chi connectivity index (χ4v) is 6.61. The highest BCUT2D eigenvalue weighted by Gasteiger charge is 2.18. The molecule has 0 aliphatic heterocycles. The first-order valence-corrected chi connectivity index (χ1v) is 19.7. The number of rotatable bonds is 34. The maximum absolute atomic E-state index is 11.9. The number of nitrogens with one attached hydrogen (secondary N) is 2. The third-order valence-electron chi connectivity index (χ3n) is 9.62. The SMILES string of the molecule is CCCCC/C=C\CCCCCCCCN(CCCCCCCC(CCCC)CCCCC)CCCNc1c(NC)c(=O)c1=O. The van der Waals surface area contributed by atoms with Crippen molar-refractivity contribution in [3.05, 3.63) is 32.6 Å². The van der Waals surface area contributed by atoms with Gasteiger partial charge in [0.05, 0.1) is 0 Å². The summed E-state index contributed by atoms with van der Waals surface area (Å²) in [5.74, 6) is 0.964. The van der Waals surface area contributed by atoms with Crippen molar-refractivity contribution < 1.29 is 0 Å². The Morgan fingerprint density at radius 2 is 0.978 bits per heavy atom. The third kappa shape index (κ3) is 21.0. The fourth-order valence-electron chi connectivity index (χ4n) is 6.61. The molecule has 1 rings (SSSR count). The number of allylic oxidation sites excluding steroid dienone is 2. The van der Waals surface area contributed by atoms with Gasteiger partial charge < -0.3 is 15.5 Å². The summed E-state index contributed by atoms with van der Waals surface area (Å²) < 4.78 is 0. The van der Waals surface area contributed by atoms with Crippen LogP contribution in [0, 0.1) is 5.92 Å². The molecule has 0 heterocycles. The van der Waals surface area contributed by atoms with Crippen LogP contribution in [0.25, 0.3) is 0 Å². The van der Waals surface area contributed by atoms with Crippen molar-refractivity contribution in [3.63, 3.8) is 0 Å². The van der Waals surface area contributed by atoms with Crippen LogP contribution in [0.15, 0.2) is 21.7 Å². The van der Waals surface area contributed by atoms with E-state index >= 15 is 0 Å². The first-order valence-electron chi connectivity index (χ1n) is 19.7. The van der Waals surface area contributed by atoms with Crippen LogP contribution in [0.2, 0.25) is 0 Å². The van der Waals surface area contributed by atoms with Crippen molar-refractivity contribution in [1.82, 2.24) is 4.90 Å². The van der Waals surface area contributed by atoms with E-state index in [4.69, 9.17) is 0 Å². The molecule has 1 aromatic rings. The fraction of sp³-hybridized carbons (Fsp3) is 0.850. The van der Waals surface area contributed by atoms with Crippen LogP contribution in [-0.2, 0) is 0 Å². The van der Waals surface area contributed by atoms with E-state index in [-0.39, 0.29) is 5.43 Å². The van der Waals surface area contributed by atoms with Gasteiger partial charge in [0.25, 0.3) is 10.9 Å². The van der Waals surface area contributed by atoms with Crippen LogP contribution in [-0.4, -0.2) is 38.1 Å². The Hall–Kier alpha value is -1.62. The van der Waals surface area contributed by atoms with Crippen LogP contribution in [0.5, 0.6) is 0 Å². The van der Waals surface area contributed by atoms with Gasteiger partial charge >= 0.3 is 0 Å². The van der Waals surface area contributed by atoms with Crippen molar-refractivity contribution in [2.45, 2.75) is 181 Å². The summed E-state index contributed by atoms with van der Waals surface area (Å²) in [5, 5.41) is 6.07. The van der Waals surface area contributed by atoms with E-state index in [2.05, 4.69) is 48.5 Å². The van der Waals surface area contributed by atoms with Gasteiger partial charge in [-0.2, -0.15) is 0 Å². The number of hydrogen-bond acceptors (Lipinski definition) is 5. The van der Waals surface area contributed by atoms with Gasteiger partial charge in [0.2, 0.25) is 0 Å². The molecule has 0 saturated heterocycles. The first kappa shape index (κ1) is 41.4. The average molecular weight is 630 g/mol. The number of anilines is 2. The minimum Gasteiger partial charge on any atom is -0.383 e. The zero-order valence-electron chi connectivity index (χ0n) is 30.5. The lowest BCUT2D eigenvalue weighted by Gasteiger charge is -2.23. The van der Waals surface area contributed by atoms with Gasteiger partial charge in [-0.15, -0.1) is 0 Å². The van der Waals surface area contributed by atoms with E-state index in [0.29, 0.717) is 11.4 Å². The zero-order valence-corrected chi connectivity index (χ0v) is 30.5. The van der Waals surface area contributed by atoms with Crippen LogP contribution >= 0.6 is 0 Å². The van der Waals surface area contributed by atoms with E-state index in [9.17, 15) is 9.59 Å². The van der Waals surface area contributed by atoms with Gasteiger partial charge in [0, 0.05) is 13.6 Å². The summed E-state index contributed by atoms with van der Waals surface area (Å²) in [7, 11) is 1.70. The second-order valence-electron chi connectivity index (χ2n) is 13.7. The van der Waals surface area contributed by atoms with Crippen LogP contribution in [0.3, 0.4) is 0 Å². The van der Waals surface area contributed by atoms with E-state index < -0.39 is 5.43 Å². The second kappa shape index (κ2) is 29.8. The molecule has 45 heavy (non-hydrogen) atoms. The average Bonchev–Trinajstić information content (AvgIpc) is 3.05. The van der Waals surface area contributed by atoms with Gasteiger partial charge in [-0.25, -0.2) is 0 Å². The van der Waals surface area contributed by atoms with Crippen molar-refractivity contribution in [2.75, 3.05) is 43.9 Å². The molecule has 0 fully saturated rings. The lowest BCUT2D eigenvalue weighted by molar-refractivity contribution is 0.259. The summed E-state index contributed by atoms with van der Waals surface area (Å²) in [6, 6.07) is 0. The molecule has 262 valence electrons. The quantitative estimate of drug-likeness (QED) is 0.0451. The molecule has 5 heteroatoms. The Kier molecular flexibility index (Phi) is 27.4. The minimum absolute atomic E-state index is 0.378. The Balaban J connectivity index is 2.30. The zero-order chi connectivity index (χ0) is 32.8. The number of hydrogen-bond donors (Lipinski definition) is 2. The molecule has 1 atom stereocenters. The number of nitrogens with zero attached hydrogens (tertiary/aromatic N) is 1. The van der Waals surface area contributed by atoms with Crippen molar-refractivity contribution in [2.24, 2.45) is 5.92 Å². The molecular formula is C40H75N3O2. The molecule has 5 nitrogen and oxygen atoms in total. The molecule has 0 aliphatic carbocycles. The maximum Gasteiger partial charge on any atom is 0.253 e. The van der Waals surface area contributed by atoms with Crippen LogP contribution < -0.4 is 21.5 Å². The molecule has 0 amide bonds. The third-order valence-corrected chi connectivity index (χ3v) is 9.62. The summed E-state index contributed by atoms with van der Waals surface area (Å²) in [6.45, 7) is 11.1. The van der Waals surface area contributed by atoms with Crippen molar-refractivity contribution in [3.8, 4) is 0 Å². The molecular weight excluding hydrogens is 554 g/mol. The van der Waals surface area contributed by atoms with Crippen LogP contribution in [0.4, 0.5) is 11.4 Å². The molecule has 0 radical (unpaired) electrons. The van der Waals surface area contributed by atoms with Crippen molar-refractivity contribution >= 4 is 11.4 Å². The van der Waals surface area contributed by atoms with E-state index in [1.165, 1.54) is 167 Å². The monoisotopic (exact) mass is 630 g/mol. The first-order chi connectivity index (χ1) is 22.1. The van der Waals surface area contributed by atoms with Crippen LogP contribution in [0.1, 0.15) is 181 Å². The summed E-state index contributed by atoms with van der Waals surface area (Å²) in [4.78, 5) is 26.2. The molecule has 0 spiro atoms. The second-order valence-corrected chi connectivity index (χ2v) is 13.7. The molecule has 0 saturated carbocycles. The predicted molar refractivity (Wildman–Crippen MR) is 201 cm³/mol. The molecule has 0 aliphatic rings. The molecule has 1 aromatic carbocycles. The Morgan fingerprint density at radius 1 is 0.533 bits per heavy atom. The van der Waals surface area contributed by atoms with Gasteiger partial charge in [0.15, 0.2) is 0 Å². The largest absolute Gasteiger partial charge is 0.383 e. The molecule has 2 N–H and O–H groups in total. The summed E-state index contributed by atoms with van der Waals surface area (Å²) >= 11 is 0. The molecule has 1 unspecified atom stereocenters. The highest BCUT2D eigenvalue weighted by atomic mass is 16.2. The standard InChI is InChI=1S/C40H75N3O2/c1-5-8-11-12-13-14-15-16-17-18-19-22-26-33-43(35-28-32-42-38-37(41-4)39(44)40(38)45)34-27-23-20-21-25-31-36(29-10-7-3)30-24-9-6-2/h13-14,36,41-42H,5-12,15-35H2,1-4H3/b14-13-. The van der Waals surface area contributed by atoms with E-state index in [1.54, 1.807) is 7.05 Å².